The molecule has 0 aliphatic carbocycles. The molecule has 0 saturated carbocycles. The highest BCUT2D eigenvalue weighted by Gasteiger charge is 2.27. The molecule has 3 N–H and O–H groups in total. The first kappa shape index (κ1) is 18.4. The second-order valence-corrected chi connectivity index (χ2v) is 6.85. The van der Waals surface area contributed by atoms with Gasteiger partial charge in [0.25, 0.3) is 0 Å². The highest BCUT2D eigenvalue weighted by molar-refractivity contribution is 5.77. The molecule has 0 aromatic rings. The Kier molecular flexibility index (Phi) is 7.55. The van der Waals surface area contributed by atoms with Gasteiger partial charge < -0.3 is 20.5 Å². The number of aliphatic imine (C=N–C) groups is 1. The lowest BCUT2D eigenvalue weighted by molar-refractivity contribution is -0.00682. The topological polar surface area (TPSA) is 75.3 Å². The van der Waals surface area contributed by atoms with Gasteiger partial charge in [0.05, 0.1) is 33.0 Å². The van der Waals surface area contributed by atoms with Crippen LogP contribution in [0.5, 0.6) is 0 Å². The molecule has 23 heavy (non-hydrogen) atoms. The highest BCUT2D eigenvalue weighted by atomic mass is 16.5. The number of nitrogens with zero attached hydrogens (tertiary/aromatic N) is 3. The minimum Gasteiger partial charge on any atom is -0.379 e. The predicted octanol–water partition coefficient (Wildman–Crippen LogP) is -0.276. The molecule has 0 aromatic carbocycles. The Labute approximate surface area is 140 Å². The van der Waals surface area contributed by atoms with Crippen molar-refractivity contribution in [2.45, 2.75) is 25.8 Å². The third kappa shape index (κ3) is 6.63. The van der Waals surface area contributed by atoms with Crippen LogP contribution in [0.25, 0.3) is 0 Å². The summed E-state index contributed by atoms with van der Waals surface area (Å²) in [6.45, 7) is 14.4. The Morgan fingerprint density at radius 2 is 1.70 bits per heavy atom. The Balaban J connectivity index is 1.61. The molecule has 134 valence electrons. The third-order valence-corrected chi connectivity index (χ3v) is 4.56. The van der Waals surface area contributed by atoms with Gasteiger partial charge in [0.2, 0.25) is 0 Å². The summed E-state index contributed by atoms with van der Waals surface area (Å²) in [5, 5.41) is 3.22. The molecule has 2 aliphatic heterocycles. The number of nitrogens with one attached hydrogen (secondary N) is 1. The molecule has 0 spiro atoms. The minimum absolute atomic E-state index is 0.0177. The summed E-state index contributed by atoms with van der Waals surface area (Å²) < 4.78 is 10.8. The first-order chi connectivity index (χ1) is 11.1. The first-order valence-electron chi connectivity index (χ1n) is 8.75. The summed E-state index contributed by atoms with van der Waals surface area (Å²) in [5.74, 6) is 0.549. The Morgan fingerprint density at radius 3 is 2.35 bits per heavy atom. The van der Waals surface area contributed by atoms with Crippen molar-refractivity contribution in [3.63, 3.8) is 0 Å². The van der Waals surface area contributed by atoms with Crippen molar-refractivity contribution in [1.82, 2.24) is 15.1 Å². The van der Waals surface area contributed by atoms with Gasteiger partial charge in [0.1, 0.15) is 0 Å². The van der Waals surface area contributed by atoms with Crippen LogP contribution in [-0.2, 0) is 9.47 Å². The molecule has 7 nitrogen and oxygen atoms in total. The van der Waals surface area contributed by atoms with Crippen LogP contribution in [-0.4, -0.2) is 93.5 Å². The van der Waals surface area contributed by atoms with Crippen molar-refractivity contribution >= 4 is 5.96 Å². The van der Waals surface area contributed by atoms with Gasteiger partial charge in [-0.05, 0) is 26.8 Å². The van der Waals surface area contributed by atoms with Crippen molar-refractivity contribution in [3.8, 4) is 0 Å². The fraction of sp³-hybridized carbons (Fsp3) is 0.938. The van der Waals surface area contributed by atoms with Crippen LogP contribution in [0.15, 0.2) is 4.99 Å². The lowest BCUT2D eigenvalue weighted by Crippen LogP contribution is -2.52. The van der Waals surface area contributed by atoms with Gasteiger partial charge in [-0.2, -0.15) is 0 Å². The van der Waals surface area contributed by atoms with Crippen LogP contribution < -0.4 is 11.1 Å². The van der Waals surface area contributed by atoms with Crippen molar-refractivity contribution < 1.29 is 9.47 Å². The fourth-order valence-electron chi connectivity index (χ4n) is 2.95. The number of nitrogens with two attached hydrogens (primary N) is 1. The van der Waals surface area contributed by atoms with E-state index in [2.05, 4.69) is 34.0 Å². The van der Waals surface area contributed by atoms with Crippen LogP contribution >= 0.6 is 0 Å². The van der Waals surface area contributed by atoms with Gasteiger partial charge in [-0.3, -0.25) is 14.8 Å². The van der Waals surface area contributed by atoms with Crippen LogP contribution in [0.2, 0.25) is 0 Å². The zero-order chi connectivity index (χ0) is 16.5. The van der Waals surface area contributed by atoms with E-state index in [1.807, 2.05) is 0 Å². The van der Waals surface area contributed by atoms with E-state index in [1.165, 1.54) is 0 Å². The molecule has 0 radical (unpaired) electrons. The highest BCUT2D eigenvalue weighted by Crippen LogP contribution is 2.16. The van der Waals surface area contributed by atoms with E-state index in [0.717, 1.165) is 72.1 Å². The van der Waals surface area contributed by atoms with E-state index in [9.17, 15) is 0 Å². The molecular weight excluding hydrogens is 294 g/mol. The second kappa shape index (κ2) is 9.42. The quantitative estimate of drug-likeness (QED) is 0.381. The third-order valence-electron chi connectivity index (χ3n) is 4.56. The van der Waals surface area contributed by atoms with Crippen LogP contribution in [0.4, 0.5) is 0 Å². The summed E-state index contributed by atoms with van der Waals surface area (Å²) in [4.78, 5) is 9.38. The molecule has 0 bridgehead atoms. The Bertz CT molecular complexity index is 363. The van der Waals surface area contributed by atoms with Gasteiger partial charge in [0, 0.05) is 38.3 Å². The lowest BCUT2D eigenvalue weighted by atomic mass is 10.0. The maximum absolute atomic E-state index is 5.99. The molecule has 0 atom stereocenters. The summed E-state index contributed by atoms with van der Waals surface area (Å²) in [7, 11) is 0. The fourth-order valence-corrected chi connectivity index (χ4v) is 2.95. The molecule has 0 unspecified atom stereocenters. The maximum atomic E-state index is 5.99. The van der Waals surface area contributed by atoms with Gasteiger partial charge in [-0.15, -0.1) is 0 Å². The maximum Gasteiger partial charge on any atom is 0.188 e. The summed E-state index contributed by atoms with van der Waals surface area (Å²) >= 11 is 0. The van der Waals surface area contributed by atoms with Crippen molar-refractivity contribution in [2.75, 3.05) is 72.2 Å². The van der Waals surface area contributed by atoms with E-state index < -0.39 is 0 Å². The first-order valence-corrected chi connectivity index (χ1v) is 8.75. The zero-order valence-corrected chi connectivity index (χ0v) is 14.7. The summed E-state index contributed by atoms with van der Waals surface area (Å²) in [5.41, 5.74) is 6.01. The molecule has 7 heteroatoms. The van der Waals surface area contributed by atoms with E-state index in [0.29, 0.717) is 12.5 Å². The van der Waals surface area contributed by atoms with E-state index in [1.54, 1.807) is 0 Å². The minimum atomic E-state index is 0.0177. The average Bonchev–Trinajstić information content (AvgIpc) is 2.59. The smallest absolute Gasteiger partial charge is 0.188 e. The SMILES string of the molecule is CC(C)(CN=C(N)NCCCN1CCOCC1)N1CCOCC1. The zero-order valence-electron chi connectivity index (χ0n) is 14.7. The number of rotatable bonds is 7. The van der Waals surface area contributed by atoms with Crippen molar-refractivity contribution in [3.05, 3.63) is 0 Å². The number of hydrogen-bond donors (Lipinski definition) is 2. The van der Waals surface area contributed by atoms with Crippen LogP contribution in [0.3, 0.4) is 0 Å². The molecule has 2 rings (SSSR count). The predicted molar refractivity (Wildman–Crippen MR) is 92.8 cm³/mol. The van der Waals surface area contributed by atoms with Crippen molar-refractivity contribution in [2.24, 2.45) is 10.7 Å². The number of guanidine groups is 1. The average molecular weight is 327 g/mol. The molecule has 2 heterocycles. The monoisotopic (exact) mass is 327 g/mol. The number of ether oxygens (including phenoxy) is 2. The molecule has 2 saturated heterocycles. The molecular formula is C16H33N5O2. The normalized spacial score (nSPS) is 22.3. The van der Waals surface area contributed by atoms with Crippen LogP contribution in [0, 0.1) is 0 Å². The summed E-state index contributed by atoms with van der Waals surface area (Å²) in [6, 6.07) is 0. The molecule has 0 aromatic heterocycles. The van der Waals surface area contributed by atoms with E-state index in [4.69, 9.17) is 15.2 Å². The van der Waals surface area contributed by atoms with Crippen molar-refractivity contribution in [1.29, 1.82) is 0 Å². The van der Waals surface area contributed by atoms with Gasteiger partial charge >= 0.3 is 0 Å². The standard InChI is InChI=1S/C16H33N5O2/c1-16(2,21-8-12-23-13-9-21)14-19-15(17)18-4-3-5-20-6-10-22-11-7-20/h3-14H2,1-2H3,(H3,17,18,19). The molecule has 2 aliphatic rings. The van der Waals surface area contributed by atoms with E-state index in [-0.39, 0.29) is 5.54 Å². The summed E-state index contributed by atoms with van der Waals surface area (Å²) in [6.07, 6.45) is 1.07. The molecule has 2 fully saturated rings. The largest absolute Gasteiger partial charge is 0.379 e. The van der Waals surface area contributed by atoms with Crippen LogP contribution in [0.1, 0.15) is 20.3 Å². The second-order valence-electron chi connectivity index (χ2n) is 6.85. The van der Waals surface area contributed by atoms with E-state index >= 15 is 0 Å². The lowest BCUT2D eigenvalue weighted by Gasteiger charge is -2.39. The van der Waals surface area contributed by atoms with Gasteiger partial charge in [0.15, 0.2) is 5.96 Å². The van der Waals surface area contributed by atoms with Gasteiger partial charge in [-0.25, -0.2) is 0 Å². The number of hydrogen-bond acceptors (Lipinski definition) is 5. The van der Waals surface area contributed by atoms with Gasteiger partial charge in [-0.1, -0.05) is 0 Å². The molecule has 0 amide bonds. The Morgan fingerprint density at radius 1 is 1.09 bits per heavy atom. The number of morpholine rings is 2. The Hall–Kier alpha value is -0.890.